The van der Waals surface area contributed by atoms with Crippen molar-refractivity contribution in [3.63, 3.8) is 0 Å². The fraction of sp³-hybridized carbons (Fsp3) is 1.00. The van der Waals surface area contributed by atoms with Crippen LogP contribution in [0.25, 0.3) is 0 Å². The summed E-state index contributed by atoms with van der Waals surface area (Å²) in [6.45, 7) is 16.1. The van der Waals surface area contributed by atoms with Gasteiger partial charge in [-0.1, -0.05) is 48.5 Å². The lowest BCUT2D eigenvalue weighted by Gasteiger charge is -1.79. The van der Waals surface area contributed by atoms with Crippen molar-refractivity contribution in [3.05, 3.63) is 0 Å². The Balaban J connectivity index is -0.000000114. The van der Waals surface area contributed by atoms with E-state index >= 15 is 0 Å². The average Bonchev–Trinajstić information content (AvgIpc) is 2.93. The van der Waals surface area contributed by atoms with Crippen LogP contribution < -0.4 is 5.73 Å². The van der Waals surface area contributed by atoms with Crippen molar-refractivity contribution in [3.8, 4) is 0 Å². The number of nitrogens with two attached hydrogens (primary N) is 1. The van der Waals surface area contributed by atoms with E-state index in [0.717, 1.165) is 12.5 Å². The highest BCUT2D eigenvalue weighted by Crippen LogP contribution is 2.03. The molecule has 2 N–H and O–H groups in total. The molecule has 2 nitrogen and oxygen atoms in total. The molecule has 0 aliphatic carbocycles. The Morgan fingerprint density at radius 2 is 1.38 bits per heavy atom. The molecule has 1 fully saturated rings. The lowest BCUT2D eigenvalue weighted by atomic mass is 10.3. The Morgan fingerprint density at radius 3 is 1.38 bits per heavy atom. The van der Waals surface area contributed by atoms with Crippen molar-refractivity contribution >= 4 is 0 Å². The molecule has 0 aromatic carbocycles. The molecular weight excluding hydrogens is 162 g/mol. The van der Waals surface area contributed by atoms with Gasteiger partial charge in [-0.3, -0.25) is 0 Å². The molecule has 0 aromatic rings. The molecule has 2 heteroatoms. The van der Waals surface area contributed by atoms with Crippen molar-refractivity contribution in [2.75, 3.05) is 13.2 Å². The standard InChI is InChI=1S/C4H10.C3H7NO.2C2H6/c1-4(2)3;4-1-3-2-5-3;2*1-2/h4H,1-3H3;3H,1-2,4H2;2*1-2H3. The lowest BCUT2D eigenvalue weighted by molar-refractivity contribution is 0.412. The van der Waals surface area contributed by atoms with Gasteiger partial charge in [0.2, 0.25) is 0 Å². The van der Waals surface area contributed by atoms with Gasteiger partial charge in [0.15, 0.2) is 0 Å². The van der Waals surface area contributed by atoms with E-state index in [4.69, 9.17) is 10.5 Å². The highest BCUT2D eigenvalue weighted by atomic mass is 16.6. The predicted molar refractivity (Wildman–Crippen MR) is 62.0 cm³/mol. The molecule has 1 atom stereocenters. The van der Waals surface area contributed by atoms with Crippen LogP contribution in [-0.2, 0) is 4.74 Å². The fourth-order valence-electron chi connectivity index (χ4n) is 0.204. The van der Waals surface area contributed by atoms with Crippen LogP contribution in [0.15, 0.2) is 0 Å². The van der Waals surface area contributed by atoms with E-state index in [-0.39, 0.29) is 0 Å². The number of hydrogen-bond acceptors (Lipinski definition) is 2. The van der Waals surface area contributed by atoms with Crippen LogP contribution in [0.2, 0.25) is 0 Å². The lowest BCUT2D eigenvalue weighted by Crippen LogP contribution is -2.05. The number of hydrogen-bond donors (Lipinski definition) is 1. The van der Waals surface area contributed by atoms with E-state index in [2.05, 4.69) is 20.8 Å². The van der Waals surface area contributed by atoms with Gasteiger partial charge in [0.25, 0.3) is 0 Å². The number of rotatable bonds is 1. The van der Waals surface area contributed by atoms with E-state index in [0.29, 0.717) is 12.6 Å². The quantitative estimate of drug-likeness (QED) is 0.647. The number of ether oxygens (including phenoxy) is 1. The first-order valence-electron chi connectivity index (χ1n) is 5.48. The molecule has 1 heterocycles. The molecule has 1 unspecified atom stereocenters. The Kier molecular flexibility index (Phi) is 25.6. The maximum Gasteiger partial charge on any atom is 0.0931 e. The third kappa shape index (κ3) is 48.5. The van der Waals surface area contributed by atoms with Gasteiger partial charge >= 0.3 is 0 Å². The van der Waals surface area contributed by atoms with Gasteiger partial charge in [-0.2, -0.15) is 0 Å². The first-order valence-corrected chi connectivity index (χ1v) is 5.48. The van der Waals surface area contributed by atoms with Gasteiger partial charge in [0, 0.05) is 6.54 Å². The predicted octanol–water partition coefficient (Wildman–Crippen LogP) is 3.06. The Labute approximate surface area is 84.9 Å². The first-order chi connectivity index (χ1) is 6.16. The molecule has 1 rings (SSSR count). The largest absolute Gasteiger partial charge is 0.372 e. The molecule has 0 bridgehead atoms. The van der Waals surface area contributed by atoms with Crippen molar-refractivity contribution in [2.24, 2.45) is 11.7 Å². The van der Waals surface area contributed by atoms with E-state index in [1.807, 2.05) is 27.7 Å². The smallest absolute Gasteiger partial charge is 0.0931 e. The molecule has 1 saturated heterocycles. The Bertz CT molecular complexity index is 58.4. The minimum atomic E-state index is 0.412. The van der Waals surface area contributed by atoms with Gasteiger partial charge < -0.3 is 10.5 Å². The second-order valence-corrected chi connectivity index (χ2v) is 2.92. The molecule has 0 amide bonds. The van der Waals surface area contributed by atoms with Crippen LogP contribution in [0.3, 0.4) is 0 Å². The van der Waals surface area contributed by atoms with Gasteiger partial charge in [-0.15, -0.1) is 0 Å². The fourth-order valence-corrected chi connectivity index (χ4v) is 0.204. The zero-order valence-corrected chi connectivity index (χ0v) is 10.6. The molecule has 0 radical (unpaired) electrons. The van der Waals surface area contributed by atoms with Crippen LogP contribution in [0.4, 0.5) is 0 Å². The zero-order valence-electron chi connectivity index (χ0n) is 10.6. The topological polar surface area (TPSA) is 38.5 Å². The molecule has 84 valence electrons. The maximum atomic E-state index is 5.11. The second-order valence-electron chi connectivity index (χ2n) is 2.92. The van der Waals surface area contributed by atoms with Gasteiger partial charge in [-0.05, 0) is 5.92 Å². The van der Waals surface area contributed by atoms with Crippen LogP contribution in [-0.4, -0.2) is 19.3 Å². The van der Waals surface area contributed by atoms with Crippen LogP contribution in [0.5, 0.6) is 0 Å². The van der Waals surface area contributed by atoms with Crippen molar-refractivity contribution < 1.29 is 4.74 Å². The summed E-state index contributed by atoms with van der Waals surface area (Å²) in [7, 11) is 0. The zero-order chi connectivity index (χ0) is 11.3. The summed E-state index contributed by atoms with van der Waals surface area (Å²) in [5.74, 6) is 0.833. The molecule has 13 heavy (non-hydrogen) atoms. The van der Waals surface area contributed by atoms with Crippen LogP contribution in [0, 0.1) is 5.92 Å². The molecule has 0 saturated carbocycles. The van der Waals surface area contributed by atoms with Crippen molar-refractivity contribution in [1.82, 2.24) is 0 Å². The molecule has 0 spiro atoms. The van der Waals surface area contributed by atoms with Crippen LogP contribution >= 0.6 is 0 Å². The molecule has 1 aliphatic heterocycles. The van der Waals surface area contributed by atoms with Crippen molar-refractivity contribution in [2.45, 2.75) is 54.6 Å². The normalized spacial score (nSPS) is 16.8. The average molecular weight is 191 g/mol. The summed E-state index contributed by atoms with van der Waals surface area (Å²) in [6.07, 6.45) is 0.412. The summed E-state index contributed by atoms with van der Waals surface area (Å²) in [5, 5.41) is 0. The highest BCUT2D eigenvalue weighted by Gasteiger charge is 2.18. The SMILES string of the molecule is CC.CC.CC(C)C.NCC1CO1. The maximum absolute atomic E-state index is 5.11. The Hall–Kier alpha value is -0.0800. The summed E-state index contributed by atoms with van der Waals surface area (Å²) in [4.78, 5) is 0. The first kappa shape index (κ1) is 18.7. The van der Waals surface area contributed by atoms with Gasteiger partial charge in [-0.25, -0.2) is 0 Å². The summed E-state index contributed by atoms with van der Waals surface area (Å²) >= 11 is 0. The third-order valence-electron chi connectivity index (χ3n) is 0.665. The molecule has 1 aliphatic rings. The van der Waals surface area contributed by atoms with E-state index in [1.54, 1.807) is 0 Å². The summed E-state index contributed by atoms with van der Waals surface area (Å²) in [5.41, 5.74) is 5.11. The van der Waals surface area contributed by atoms with Crippen molar-refractivity contribution in [1.29, 1.82) is 0 Å². The van der Waals surface area contributed by atoms with E-state index in [9.17, 15) is 0 Å². The van der Waals surface area contributed by atoms with Crippen LogP contribution in [0.1, 0.15) is 48.5 Å². The van der Waals surface area contributed by atoms with E-state index in [1.165, 1.54) is 0 Å². The summed E-state index contributed by atoms with van der Waals surface area (Å²) in [6, 6.07) is 0. The summed E-state index contributed by atoms with van der Waals surface area (Å²) < 4.78 is 4.73. The second kappa shape index (κ2) is 17.9. The molecule has 0 aromatic heterocycles. The Morgan fingerprint density at radius 1 is 1.15 bits per heavy atom. The monoisotopic (exact) mass is 191 g/mol. The molecular formula is C11H29NO. The minimum Gasteiger partial charge on any atom is -0.372 e. The third-order valence-corrected chi connectivity index (χ3v) is 0.665. The number of epoxide rings is 1. The van der Waals surface area contributed by atoms with Gasteiger partial charge in [0.1, 0.15) is 0 Å². The minimum absolute atomic E-state index is 0.412. The van der Waals surface area contributed by atoms with Gasteiger partial charge in [0.05, 0.1) is 12.7 Å². The van der Waals surface area contributed by atoms with E-state index < -0.39 is 0 Å². The highest BCUT2D eigenvalue weighted by molar-refractivity contribution is 4.67.